The Morgan fingerprint density at radius 1 is 0.750 bits per heavy atom. The first-order valence-corrected chi connectivity index (χ1v) is 11.0. The summed E-state index contributed by atoms with van der Waals surface area (Å²) in [5.41, 5.74) is -0.00910. The van der Waals surface area contributed by atoms with Crippen molar-refractivity contribution in [2.75, 3.05) is 0 Å². The molecule has 3 aliphatic rings. The van der Waals surface area contributed by atoms with Crippen LogP contribution in [0.15, 0.2) is 0 Å². The van der Waals surface area contributed by atoms with E-state index in [0.717, 1.165) is 42.4 Å². The van der Waals surface area contributed by atoms with Gasteiger partial charge in [0.05, 0.1) is 11.5 Å². The van der Waals surface area contributed by atoms with E-state index in [1.54, 1.807) is 0 Å². The van der Waals surface area contributed by atoms with Crippen LogP contribution in [0.3, 0.4) is 0 Å². The maximum absolute atomic E-state index is 9.33. The Balaban J connectivity index is 1.40. The second kappa shape index (κ2) is 8.25. The van der Waals surface area contributed by atoms with Crippen molar-refractivity contribution in [2.24, 2.45) is 35.0 Å². The monoisotopic (exact) mass is 329 g/mol. The van der Waals surface area contributed by atoms with E-state index < -0.39 is 0 Å². The summed E-state index contributed by atoms with van der Waals surface area (Å²) in [7, 11) is 0. The van der Waals surface area contributed by atoms with Crippen molar-refractivity contribution in [2.45, 2.75) is 104 Å². The smallest absolute Gasteiger partial charge is 0.0686 e. The van der Waals surface area contributed by atoms with Gasteiger partial charge in [0.25, 0.3) is 0 Å². The van der Waals surface area contributed by atoms with Crippen molar-refractivity contribution in [3.63, 3.8) is 0 Å². The molecular formula is C23H39N. The third-order valence-electron chi connectivity index (χ3n) is 8.14. The first kappa shape index (κ1) is 18.3. The van der Waals surface area contributed by atoms with E-state index in [1.807, 2.05) is 0 Å². The molecule has 0 spiro atoms. The van der Waals surface area contributed by atoms with Crippen LogP contribution in [0.4, 0.5) is 0 Å². The van der Waals surface area contributed by atoms with Gasteiger partial charge >= 0.3 is 0 Å². The second-order valence-corrected chi connectivity index (χ2v) is 9.75. The van der Waals surface area contributed by atoms with Gasteiger partial charge in [-0.15, -0.1) is 0 Å². The minimum Gasteiger partial charge on any atom is -0.198 e. The summed E-state index contributed by atoms with van der Waals surface area (Å²) in [6.45, 7) is 4.52. The molecule has 0 heterocycles. The van der Waals surface area contributed by atoms with Crippen LogP contribution in [-0.2, 0) is 0 Å². The molecule has 0 radical (unpaired) electrons. The zero-order valence-electron chi connectivity index (χ0n) is 16.2. The highest BCUT2D eigenvalue weighted by atomic mass is 14.4. The largest absolute Gasteiger partial charge is 0.198 e. The summed E-state index contributed by atoms with van der Waals surface area (Å²) >= 11 is 0. The van der Waals surface area contributed by atoms with Crippen molar-refractivity contribution < 1.29 is 0 Å². The fourth-order valence-electron chi connectivity index (χ4n) is 6.30. The van der Waals surface area contributed by atoms with Crippen LogP contribution in [0.2, 0.25) is 0 Å². The van der Waals surface area contributed by atoms with E-state index in [0.29, 0.717) is 0 Å². The molecule has 3 saturated carbocycles. The highest BCUT2D eigenvalue weighted by Crippen LogP contribution is 2.48. The summed E-state index contributed by atoms with van der Waals surface area (Å²) in [5.74, 6) is 5.09. The van der Waals surface area contributed by atoms with E-state index in [-0.39, 0.29) is 5.41 Å². The van der Waals surface area contributed by atoms with Gasteiger partial charge in [0.2, 0.25) is 0 Å². The molecule has 0 aromatic heterocycles. The maximum Gasteiger partial charge on any atom is 0.0686 e. The number of hydrogen-bond acceptors (Lipinski definition) is 1. The Hall–Kier alpha value is -0.510. The van der Waals surface area contributed by atoms with Gasteiger partial charge in [-0.05, 0) is 101 Å². The van der Waals surface area contributed by atoms with Crippen molar-refractivity contribution in [3.8, 4) is 6.07 Å². The third kappa shape index (κ3) is 4.36. The number of rotatable bonds is 4. The molecule has 0 aliphatic heterocycles. The molecule has 0 bridgehead atoms. The predicted octanol–water partition coefficient (Wildman–Crippen LogP) is 7.12. The van der Waals surface area contributed by atoms with Gasteiger partial charge in [-0.1, -0.05) is 32.6 Å². The Labute approximate surface area is 150 Å². The van der Waals surface area contributed by atoms with Gasteiger partial charge in [0.15, 0.2) is 0 Å². The lowest BCUT2D eigenvalue weighted by Gasteiger charge is -2.42. The third-order valence-corrected chi connectivity index (χ3v) is 8.14. The molecule has 136 valence electrons. The first-order valence-electron chi connectivity index (χ1n) is 11.0. The molecule has 0 amide bonds. The quantitative estimate of drug-likeness (QED) is 0.538. The van der Waals surface area contributed by atoms with Gasteiger partial charge in [0.1, 0.15) is 0 Å². The lowest BCUT2D eigenvalue weighted by atomic mass is 9.63. The van der Waals surface area contributed by atoms with Crippen molar-refractivity contribution in [3.05, 3.63) is 0 Å². The van der Waals surface area contributed by atoms with E-state index in [2.05, 4.69) is 19.9 Å². The zero-order valence-corrected chi connectivity index (χ0v) is 16.2. The molecule has 1 heteroatoms. The molecule has 0 N–H and O–H groups in total. The summed E-state index contributed by atoms with van der Waals surface area (Å²) in [5, 5.41) is 9.33. The van der Waals surface area contributed by atoms with Gasteiger partial charge in [-0.2, -0.15) is 5.26 Å². The number of nitriles is 1. The van der Waals surface area contributed by atoms with Crippen LogP contribution >= 0.6 is 0 Å². The standard InChI is InChI=1S/C23H39N/c1-3-4-18-5-7-19(8-6-18)20-9-11-21(12-10-20)22-13-15-23(2,17-24)16-14-22/h18-22H,3-16H2,1-2H3. The molecule has 3 rings (SSSR count). The molecule has 0 unspecified atom stereocenters. The van der Waals surface area contributed by atoms with E-state index >= 15 is 0 Å². The average Bonchev–Trinajstić information content (AvgIpc) is 2.64. The molecular weight excluding hydrogens is 290 g/mol. The fraction of sp³-hybridized carbons (Fsp3) is 0.957. The van der Waals surface area contributed by atoms with E-state index in [4.69, 9.17) is 0 Å². The maximum atomic E-state index is 9.33. The Kier molecular flexibility index (Phi) is 6.28. The molecule has 0 aromatic carbocycles. The lowest BCUT2D eigenvalue weighted by Crippen LogP contribution is -2.31. The second-order valence-electron chi connectivity index (χ2n) is 9.75. The molecule has 1 nitrogen and oxygen atoms in total. The van der Waals surface area contributed by atoms with Gasteiger partial charge in [-0.3, -0.25) is 0 Å². The molecule has 0 aromatic rings. The number of nitrogens with zero attached hydrogens (tertiary/aromatic N) is 1. The van der Waals surface area contributed by atoms with E-state index in [9.17, 15) is 5.26 Å². The first-order chi connectivity index (χ1) is 11.6. The van der Waals surface area contributed by atoms with Gasteiger partial charge < -0.3 is 0 Å². The highest BCUT2D eigenvalue weighted by Gasteiger charge is 2.37. The zero-order chi connectivity index (χ0) is 17.0. The fourth-order valence-corrected chi connectivity index (χ4v) is 6.30. The topological polar surface area (TPSA) is 23.8 Å². The molecule has 0 atom stereocenters. The van der Waals surface area contributed by atoms with Crippen LogP contribution < -0.4 is 0 Å². The summed E-state index contributed by atoms with van der Waals surface area (Å²) in [4.78, 5) is 0. The molecule has 24 heavy (non-hydrogen) atoms. The molecule has 0 saturated heterocycles. The highest BCUT2D eigenvalue weighted by molar-refractivity contribution is 4.99. The minimum absolute atomic E-state index is 0.00910. The SMILES string of the molecule is CCCC1CCC(C2CCC(C3CCC(C)(C#N)CC3)CC2)CC1. The van der Waals surface area contributed by atoms with E-state index in [1.165, 1.54) is 77.0 Å². The minimum atomic E-state index is -0.00910. The molecule has 3 aliphatic carbocycles. The van der Waals surface area contributed by atoms with Gasteiger partial charge in [-0.25, -0.2) is 0 Å². The Bertz CT molecular complexity index is 410. The Morgan fingerprint density at radius 2 is 1.17 bits per heavy atom. The number of hydrogen-bond donors (Lipinski definition) is 0. The lowest BCUT2D eigenvalue weighted by molar-refractivity contribution is 0.0964. The van der Waals surface area contributed by atoms with Crippen molar-refractivity contribution in [1.82, 2.24) is 0 Å². The van der Waals surface area contributed by atoms with Crippen molar-refractivity contribution >= 4 is 0 Å². The van der Waals surface area contributed by atoms with Crippen LogP contribution in [-0.4, -0.2) is 0 Å². The van der Waals surface area contributed by atoms with Gasteiger partial charge in [0, 0.05) is 0 Å². The average molecular weight is 330 g/mol. The van der Waals surface area contributed by atoms with Crippen LogP contribution in [0.5, 0.6) is 0 Å². The molecule has 3 fully saturated rings. The summed E-state index contributed by atoms with van der Waals surface area (Å²) in [6.07, 6.45) is 19.9. The van der Waals surface area contributed by atoms with Crippen LogP contribution in [0, 0.1) is 46.3 Å². The van der Waals surface area contributed by atoms with Crippen LogP contribution in [0.1, 0.15) is 104 Å². The van der Waals surface area contributed by atoms with Crippen molar-refractivity contribution in [1.29, 1.82) is 5.26 Å². The summed E-state index contributed by atoms with van der Waals surface area (Å²) < 4.78 is 0. The van der Waals surface area contributed by atoms with Crippen LogP contribution in [0.25, 0.3) is 0 Å². The summed E-state index contributed by atoms with van der Waals surface area (Å²) in [6, 6.07) is 2.57. The normalized spacial score (nSPS) is 44.0. The predicted molar refractivity (Wildman–Crippen MR) is 101 cm³/mol. The Morgan fingerprint density at radius 3 is 1.58 bits per heavy atom.